The molecule has 0 aromatic heterocycles. The summed E-state index contributed by atoms with van der Waals surface area (Å²) in [5, 5.41) is 16.0. The fraction of sp³-hybridized carbons (Fsp3) is 0.409. The highest BCUT2D eigenvalue weighted by atomic mass is 35.5. The van der Waals surface area contributed by atoms with Crippen LogP contribution in [-0.4, -0.2) is 54.2 Å². The Morgan fingerprint density at radius 2 is 1.59 bits per heavy atom. The normalized spacial score (nSPS) is 18.8. The van der Waals surface area contributed by atoms with Crippen molar-refractivity contribution in [1.82, 2.24) is 15.5 Å². The summed E-state index contributed by atoms with van der Waals surface area (Å²) in [6.45, 7) is 6.33. The number of aromatic carboxylic acids is 1. The predicted octanol–water partition coefficient (Wildman–Crippen LogP) is 3.13. The zero-order chi connectivity index (χ0) is 19.4. The lowest BCUT2D eigenvalue weighted by molar-refractivity contribution is 0.0263. The van der Waals surface area contributed by atoms with Gasteiger partial charge >= 0.3 is 5.97 Å². The van der Waals surface area contributed by atoms with Gasteiger partial charge in [-0.1, -0.05) is 12.1 Å². The van der Waals surface area contributed by atoms with Gasteiger partial charge in [0, 0.05) is 31.7 Å². The number of nitrogens with one attached hydrogen (secondary N) is 2. The van der Waals surface area contributed by atoms with Crippen LogP contribution in [0.15, 0.2) is 48.5 Å². The second kappa shape index (κ2) is 9.59. The summed E-state index contributed by atoms with van der Waals surface area (Å²) in [5.74, 6) is 0.451. The second-order valence-corrected chi connectivity index (χ2v) is 7.65. The first kappa shape index (κ1) is 21.6. The van der Waals surface area contributed by atoms with Crippen LogP contribution in [0.5, 0.6) is 11.5 Å². The molecule has 29 heavy (non-hydrogen) atoms. The molecule has 0 amide bonds. The summed E-state index contributed by atoms with van der Waals surface area (Å²) < 4.78 is 5.84. The molecule has 1 spiro atoms. The van der Waals surface area contributed by atoms with Crippen LogP contribution in [0.1, 0.15) is 28.8 Å². The van der Waals surface area contributed by atoms with E-state index in [1.807, 2.05) is 12.1 Å². The molecule has 2 fully saturated rings. The lowest BCUT2D eigenvalue weighted by atomic mass is 9.84. The van der Waals surface area contributed by atoms with Crippen LogP contribution in [0.3, 0.4) is 0 Å². The molecule has 0 bridgehead atoms. The summed E-state index contributed by atoms with van der Waals surface area (Å²) in [6, 6.07) is 14.7. The first-order chi connectivity index (χ1) is 13.6. The molecule has 0 unspecified atom stereocenters. The maximum atomic E-state index is 10.9. The first-order valence-electron chi connectivity index (χ1n) is 9.91. The molecule has 0 radical (unpaired) electrons. The molecule has 2 heterocycles. The third kappa shape index (κ3) is 5.08. The van der Waals surface area contributed by atoms with Crippen molar-refractivity contribution in [2.45, 2.75) is 24.9 Å². The molecule has 2 saturated heterocycles. The maximum absolute atomic E-state index is 10.9. The number of benzene rings is 2. The van der Waals surface area contributed by atoms with Gasteiger partial charge in [-0.05, 0) is 67.9 Å². The van der Waals surface area contributed by atoms with Crippen LogP contribution in [0.4, 0.5) is 0 Å². The van der Waals surface area contributed by atoms with E-state index >= 15 is 0 Å². The lowest BCUT2D eigenvalue weighted by Gasteiger charge is -2.50. The topological polar surface area (TPSA) is 73.8 Å². The Balaban J connectivity index is 0.00000240. The minimum atomic E-state index is -0.935. The number of carboxylic acid groups (broad SMARTS) is 1. The van der Waals surface area contributed by atoms with Crippen molar-refractivity contribution in [1.29, 1.82) is 0 Å². The van der Waals surface area contributed by atoms with Gasteiger partial charge in [0.15, 0.2) is 0 Å². The van der Waals surface area contributed by atoms with Gasteiger partial charge in [-0.15, -0.1) is 12.4 Å². The molecule has 2 aliphatic heterocycles. The molecular weight excluding hydrogens is 390 g/mol. The zero-order valence-corrected chi connectivity index (χ0v) is 17.2. The number of carbonyl (C=O) groups is 1. The van der Waals surface area contributed by atoms with Gasteiger partial charge in [-0.25, -0.2) is 4.79 Å². The smallest absolute Gasteiger partial charge is 0.335 e. The maximum Gasteiger partial charge on any atom is 0.335 e. The lowest BCUT2D eigenvalue weighted by Crippen LogP contribution is -2.64. The van der Waals surface area contributed by atoms with Crippen molar-refractivity contribution in [2.24, 2.45) is 0 Å². The fourth-order valence-electron chi connectivity index (χ4n) is 4.20. The van der Waals surface area contributed by atoms with E-state index in [1.165, 1.54) is 18.4 Å². The van der Waals surface area contributed by atoms with Crippen LogP contribution in [-0.2, 0) is 6.54 Å². The Labute approximate surface area is 177 Å². The number of piperazine rings is 1. The average Bonchev–Trinajstić information content (AvgIpc) is 2.72. The highest BCUT2D eigenvalue weighted by molar-refractivity contribution is 5.87. The summed E-state index contributed by atoms with van der Waals surface area (Å²) >= 11 is 0. The predicted molar refractivity (Wildman–Crippen MR) is 115 cm³/mol. The molecule has 0 atom stereocenters. The van der Waals surface area contributed by atoms with E-state index < -0.39 is 5.97 Å². The fourth-order valence-corrected chi connectivity index (χ4v) is 4.20. The van der Waals surface area contributed by atoms with Gasteiger partial charge < -0.3 is 20.5 Å². The van der Waals surface area contributed by atoms with Gasteiger partial charge in [0.2, 0.25) is 0 Å². The highest BCUT2D eigenvalue weighted by Gasteiger charge is 2.39. The molecule has 4 rings (SSSR count). The van der Waals surface area contributed by atoms with E-state index in [1.54, 1.807) is 24.3 Å². The molecule has 0 aliphatic carbocycles. The van der Waals surface area contributed by atoms with Gasteiger partial charge in [-0.2, -0.15) is 0 Å². The summed E-state index contributed by atoms with van der Waals surface area (Å²) in [5.41, 5.74) is 1.81. The molecule has 2 aliphatic rings. The van der Waals surface area contributed by atoms with Gasteiger partial charge in [-0.3, -0.25) is 4.90 Å². The van der Waals surface area contributed by atoms with Crippen molar-refractivity contribution in [3.8, 4) is 11.5 Å². The molecule has 2 aromatic carbocycles. The number of rotatable bonds is 5. The number of piperidine rings is 1. The summed E-state index contributed by atoms with van der Waals surface area (Å²) in [6.07, 6.45) is 2.38. The van der Waals surface area contributed by atoms with Crippen LogP contribution in [0.2, 0.25) is 0 Å². The molecule has 3 N–H and O–H groups in total. The summed E-state index contributed by atoms with van der Waals surface area (Å²) in [7, 11) is 0. The van der Waals surface area contributed by atoms with Crippen LogP contribution < -0.4 is 15.4 Å². The SMILES string of the molecule is Cl.O=C(O)c1ccc(Oc2ccc(CN3CCNCC34CCNCC4)cc2)cc1. The largest absolute Gasteiger partial charge is 0.478 e. The van der Waals surface area contributed by atoms with Crippen LogP contribution in [0.25, 0.3) is 0 Å². The molecular formula is C22H28ClN3O3. The number of hydrogen-bond donors (Lipinski definition) is 3. The third-order valence-electron chi connectivity index (χ3n) is 5.85. The standard InChI is InChI=1S/C22H27N3O3.ClH/c26-21(27)18-3-7-20(8-4-18)28-19-5-1-17(2-6-19)15-25-14-13-24-16-22(25)9-11-23-12-10-22;/h1-8,23-24H,9-16H2,(H,26,27);1H. The van der Waals surface area contributed by atoms with Crippen molar-refractivity contribution in [3.05, 3.63) is 59.7 Å². The second-order valence-electron chi connectivity index (χ2n) is 7.65. The van der Waals surface area contributed by atoms with E-state index in [0.717, 1.165) is 45.0 Å². The number of nitrogens with zero attached hydrogens (tertiary/aromatic N) is 1. The Morgan fingerprint density at radius 3 is 2.21 bits per heavy atom. The third-order valence-corrected chi connectivity index (χ3v) is 5.85. The minimum Gasteiger partial charge on any atom is -0.478 e. The quantitative estimate of drug-likeness (QED) is 0.694. The van der Waals surface area contributed by atoms with Gasteiger partial charge in [0.1, 0.15) is 11.5 Å². The molecule has 6 nitrogen and oxygen atoms in total. The zero-order valence-electron chi connectivity index (χ0n) is 16.4. The Bertz CT molecular complexity index is 797. The Morgan fingerprint density at radius 1 is 0.966 bits per heavy atom. The summed E-state index contributed by atoms with van der Waals surface area (Å²) in [4.78, 5) is 13.6. The number of halogens is 1. The van der Waals surface area contributed by atoms with Gasteiger partial charge in [0.05, 0.1) is 5.56 Å². The van der Waals surface area contributed by atoms with Crippen molar-refractivity contribution in [2.75, 3.05) is 32.7 Å². The van der Waals surface area contributed by atoms with Crippen LogP contribution >= 0.6 is 12.4 Å². The van der Waals surface area contributed by atoms with Crippen LogP contribution in [0, 0.1) is 0 Å². The monoisotopic (exact) mass is 417 g/mol. The van der Waals surface area contributed by atoms with E-state index in [2.05, 4.69) is 27.7 Å². The molecule has 0 saturated carbocycles. The Hall–Kier alpha value is -2.12. The van der Waals surface area contributed by atoms with Crippen molar-refractivity contribution in [3.63, 3.8) is 0 Å². The van der Waals surface area contributed by atoms with Crippen molar-refractivity contribution >= 4 is 18.4 Å². The number of carboxylic acids is 1. The van der Waals surface area contributed by atoms with E-state index in [9.17, 15) is 4.79 Å². The number of ether oxygens (including phenoxy) is 1. The minimum absolute atomic E-state index is 0. The van der Waals surface area contributed by atoms with E-state index in [0.29, 0.717) is 5.75 Å². The van der Waals surface area contributed by atoms with Gasteiger partial charge in [0.25, 0.3) is 0 Å². The average molecular weight is 418 g/mol. The first-order valence-corrected chi connectivity index (χ1v) is 9.91. The molecule has 7 heteroatoms. The van der Waals surface area contributed by atoms with E-state index in [4.69, 9.17) is 9.84 Å². The van der Waals surface area contributed by atoms with Crippen molar-refractivity contribution < 1.29 is 14.6 Å². The number of hydrogen-bond acceptors (Lipinski definition) is 5. The molecule has 2 aromatic rings. The molecule has 156 valence electrons. The van der Waals surface area contributed by atoms with E-state index in [-0.39, 0.29) is 23.5 Å². The Kier molecular flexibility index (Phi) is 7.14. The highest BCUT2D eigenvalue weighted by Crippen LogP contribution is 2.30.